The number of aromatic nitrogens is 4. The van der Waals surface area contributed by atoms with E-state index in [4.69, 9.17) is 4.74 Å². The lowest BCUT2D eigenvalue weighted by Gasteiger charge is -2.33. The molecular weight excluding hydrogens is 294 g/mol. The molecule has 1 aliphatic heterocycles. The summed E-state index contributed by atoms with van der Waals surface area (Å²) in [5, 5.41) is 4.18. The van der Waals surface area contributed by atoms with Gasteiger partial charge in [-0.2, -0.15) is 5.10 Å². The van der Waals surface area contributed by atoms with Gasteiger partial charge in [-0.1, -0.05) is 0 Å². The first kappa shape index (κ1) is 13.8. The number of nitrogens with zero attached hydrogens (tertiary/aromatic N) is 5. The Morgan fingerprint density at radius 1 is 1.26 bits per heavy atom. The Balaban J connectivity index is 1.59. The van der Waals surface area contributed by atoms with Crippen molar-refractivity contribution in [2.45, 2.75) is 6.10 Å². The number of amides is 1. The zero-order valence-corrected chi connectivity index (χ0v) is 12.4. The quantitative estimate of drug-likeness (QED) is 0.714. The van der Waals surface area contributed by atoms with E-state index in [1.165, 1.54) is 0 Å². The van der Waals surface area contributed by atoms with Crippen LogP contribution in [0.3, 0.4) is 0 Å². The standard InChI is InChI=1S/C16H15N5O2/c22-16(13-10-19-21-7-1-4-18-15(13)21)20-8-9-23-14(11-20)12-2-5-17-6-3-12/h1-7,10,14H,8-9,11H2/t14-/m0/s1. The summed E-state index contributed by atoms with van der Waals surface area (Å²) in [5.41, 5.74) is 2.11. The normalized spacial score (nSPS) is 18.3. The van der Waals surface area contributed by atoms with Crippen molar-refractivity contribution < 1.29 is 9.53 Å². The molecule has 4 rings (SSSR count). The highest BCUT2D eigenvalue weighted by molar-refractivity contribution is 5.99. The average Bonchev–Trinajstić information content (AvgIpc) is 3.06. The van der Waals surface area contributed by atoms with Crippen molar-refractivity contribution in [1.29, 1.82) is 0 Å². The van der Waals surface area contributed by atoms with Crippen molar-refractivity contribution in [3.63, 3.8) is 0 Å². The maximum atomic E-state index is 12.8. The van der Waals surface area contributed by atoms with Gasteiger partial charge in [-0.3, -0.25) is 9.78 Å². The molecule has 116 valence electrons. The van der Waals surface area contributed by atoms with Gasteiger partial charge in [0.15, 0.2) is 5.65 Å². The average molecular weight is 309 g/mol. The summed E-state index contributed by atoms with van der Waals surface area (Å²) in [4.78, 5) is 22.9. The molecule has 0 spiro atoms. The molecule has 3 aromatic rings. The van der Waals surface area contributed by atoms with Gasteiger partial charge in [0.2, 0.25) is 0 Å². The van der Waals surface area contributed by atoms with Crippen LogP contribution in [0.4, 0.5) is 0 Å². The molecule has 0 saturated carbocycles. The van der Waals surface area contributed by atoms with Crippen LogP contribution < -0.4 is 0 Å². The summed E-state index contributed by atoms with van der Waals surface area (Å²) < 4.78 is 7.40. The van der Waals surface area contributed by atoms with Gasteiger partial charge in [0.05, 0.1) is 19.3 Å². The van der Waals surface area contributed by atoms with Gasteiger partial charge < -0.3 is 9.64 Å². The summed E-state index contributed by atoms with van der Waals surface area (Å²) in [6.45, 7) is 1.57. The molecule has 0 aromatic carbocycles. The third-order valence-electron chi connectivity index (χ3n) is 3.94. The fourth-order valence-electron chi connectivity index (χ4n) is 2.76. The number of morpholine rings is 1. The van der Waals surface area contributed by atoms with E-state index in [0.29, 0.717) is 30.9 Å². The molecule has 4 heterocycles. The van der Waals surface area contributed by atoms with E-state index in [1.54, 1.807) is 46.5 Å². The topological polar surface area (TPSA) is 72.6 Å². The molecule has 1 amide bonds. The molecule has 1 atom stereocenters. The molecule has 3 aromatic heterocycles. The number of rotatable bonds is 2. The zero-order valence-electron chi connectivity index (χ0n) is 12.4. The van der Waals surface area contributed by atoms with Crippen LogP contribution >= 0.6 is 0 Å². The van der Waals surface area contributed by atoms with Crippen molar-refractivity contribution in [1.82, 2.24) is 24.5 Å². The predicted octanol–water partition coefficient (Wildman–Crippen LogP) is 1.34. The molecular formula is C16H15N5O2. The molecule has 1 aliphatic rings. The second kappa shape index (κ2) is 5.77. The molecule has 7 heteroatoms. The van der Waals surface area contributed by atoms with Gasteiger partial charge in [-0.25, -0.2) is 9.50 Å². The number of carbonyl (C=O) groups excluding carboxylic acids is 1. The maximum absolute atomic E-state index is 12.8. The highest BCUT2D eigenvalue weighted by atomic mass is 16.5. The first-order valence-electron chi connectivity index (χ1n) is 7.42. The Morgan fingerprint density at radius 2 is 2.13 bits per heavy atom. The lowest BCUT2D eigenvalue weighted by Crippen LogP contribution is -2.42. The molecule has 0 unspecified atom stereocenters. The number of hydrogen-bond acceptors (Lipinski definition) is 5. The van der Waals surface area contributed by atoms with Gasteiger partial charge >= 0.3 is 0 Å². The first-order chi connectivity index (χ1) is 11.3. The van der Waals surface area contributed by atoms with Gasteiger partial charge in [0.1, 0.15) is 11.7 Å². The summed E-state index contributed by atoms with van der Waals surface area (Å²) in [5.74, 6) is -0.0685. The number of pyridine rings is 1. The Labute approximate surface area is 132 Å². The summed E-state index contributed by atoms with van der Waals surface area (Å²) in [7, 11) is 0. The molecule has 0 aliphatic carbocycles. The smallest absolute Gasteiger partial charge is 0.259 e. The van der Waals surface area contributed by atoms with Crippen LogP contribution in [-0.4, -0.2) is 50.1 Å². The van der Waals surface area contributed by atoms with E-state index in [0.717, 1.165) is 5.56 Å². The van der Waals surface area contributed by atoms with E-state index in [2.05, 4.69) is 15.1 Å². The first-order valence-corrected chi connectivity index (χ1v) is 7.42. The highest BCUT2D eigenvalue weighted by Gasteiger charge is 2.28. The number of ether oxygens (including phenoxy) is 1. The fourth-order valence-corrected chi connectivity index (χ4v) is 2.76. The van der Waals surface area contributed by atoms with Crippen LogP contribution in [0, 0.1) is 0 Å². The summed E-state index contributed by atoms with van der Waals surface area (Å²) in [6.07, 6.45) is 8.33. The van der Waals surface area contributed by atoms with Crippen LogP contribution in [0.5, 0.6) is 0 Å². The predicted molar refractivity (Wildman–Crippen MR) is 81.8 cm³/mol. The van der Waals surface area contributed by atoms with Crippen LogP contribution in [0.25, 0.3) is 5.65 Å². The highest BCUT2D eigenvalue weighted by Crippen LogP contribution is 2.23. The van der Waals surface area contributed by atoms with Crippen molar-refractivity contribution in [3.8, 4) is 0 Å². The fraction of sp³-hybridized carbons (Fsp3) is 0.250. The van der Waals surface area contributed by atoms with E-state index >= 15 is 0 Å². The molecule has 7 nitrogen and oxygen atoms in total. The van der Waals surface area contributed by atoms with E-state index in [-0.39, 0.29) is 12.0 Å². The van der Waals surface area contributed by atoms with Crippen molar-refractivity contribution in [3.05, 3.63) is 60.3 Å². The minimum Gasteiger partial charge on any atom is -0.370 e. The second-order valence-corrected chi connectivity index (χ2v) is 5.34. The molecule has 1 saturated heterocycles. The van der Waals surface area contributed by atoms with Gasteiger partial charge in [0.25, 0.3) is 5.91 Å². The number of hydrogen-bond donors (Lipinski definition) is 0. The minimum absolute atomic E-state index is 0.0685. The van der Waals surface area contributed by atoms with Crippen molar-refractivity contribution in [2.75, 3.05) is 19.7 Å². The SMILES string of the molecule is O=C(c1cnn2cccnc12)N1CCO[C@H](c2ccncc2)C1. The van der Waals surface area contributed by atoms with Crippen LogP contribution in [0.15, 0.2) is 49.2 Å². The Hall–Kier alpha value is -2.80. The second-order valence-electron chi connectivity index (χ2n) is 5.34. The third-order valence-corrected chi connectivity index (χ3v) is 3.94. The Kier molecular flexibility index (Phi) is 3.47. The molecule has 0 bridgehead atoms. The molecule has 23 heavy (non-hydrogen) atoms. The molecule has 0 N–H and O–H groups in total. The number of carbonyl (C=O) groups is 1. The Bertz CT molecular complexity index is 833. The third kappa shape index (κ3) is 2.55. The van der Waals surface area contributed by atoms with Gasteiger partial charge in [-0.05, 0) is 23.8 Å². The number of fused-ring (bicyclic) bond motifs is 1. The van der Waals surface area contributed by atoms with E-state index in [1.807, 2.05) is 12.1 Å². The van der Waals surface area contributed by atoms with Gasteiger partial charge in [-0.15, -0.1) is 0 Å². The van der Waals surface area contributed by atoms with Crippen LogP contribution in [-0.2, 0) is 4.74 Å². The lowest BCUT2D eigenvalue weighted by molar-refractivity contribution is -0.0228. The molecule has 1 fully saturated rings. The minimum atomic E-state index is -0.134. The van der Waals surface area contributed by atoms with E-state index in [9.17, 15) is 4.79 Å². The Morgan fingerprint density at radius 3 is 3.00 bits per heavy atom. The molecule has 0 radical (unpaired) electrons. The summed E-state index contributed by atoms with van der Waals surface area (Å²) in [6, 6.07) is 5.60. The van der Waals surface area contributed by atoms with Crippen molar-refractivity contribution in [2.24, 2.45) is 0 Å². The maximum Gasteiger partial charge on any atom is 0.259 e. The zero-order chi connectivity index (χ0) is 15.6. The van der Waals surface area contributed by atoms with Crippen molar-refractivity contribution >= 4 is 11.6 Å². The lowest BCUT2D eigenvalue weighted by atomic mass is 10.1. The van der Waals surface area contributed by atoms with E-state index < -0.39 is 0 Å². The monoisotopic (exact) mass is 309 g/mol. The van der Waals surface area contributed by atoms with Crippen LogP contribution in [0.2, 0.25) is 0 Å². The largest absolute Gasteiger partial charge is 0.370 e. The summed E-state index contributed by atoms with van der Waals surface area (Å²) >= 11 is 0. The van der Waals surface area contributed by atoms with Gasteiger partial charge in [0, 0.05) is 31.3 Å². The van der Waals surface area contributed by atoms with Crippen LogP contribution in [0.1, 0.15) is 22.0 Å².